The van der Waals surface area contributed by atoms with Gasteiger partial charge in [-0.1, -0.05) is 30.3 Å². The first kappa shape index (κ1) is 12.7. The first-order valence-electron chi connectivity index (χ1n) is 5.54. The average molecular weight is 221 g/mol. The minimum atomic E-state index is 0.391. The van der Waals surface area contributed by atoms with Crippen LogP contribution in [0.1, 0.15) is 18.4 Å². The van der Waals surface area contributed by atoms with E-state index in [1.807, 2.05) is 18.2 Å². The van der Waals surface area contributed by atoms with Crippen molar-refractivity contribution in [1.29, 1.82) is 0 Å². The van der Waals surface area contributed by atoms with E-state index in [1.54, 1.807) is 0 Å². The maximum Gasteiger partial charge on any atom is 0.417 e. The van der Waals surface area contributed by atoms with Crippen LogP contribution in [-0.4, -0.2) is 26.3 Å². The molecule has 0 aliphatic rings. The lowest BCUT2D eigenvalue weighted by Crippen LogP contribution is -2.02. The number of carbonyl (C=O) groups excluding carboxylic acids is 1. The highest BCUT2D eigenvalue weighted by Gasteiger charge is 1.93. The minimum absolute atomic E-state index is 0.391. The summed E-state index contributed by atoms with van der Waals surface area (Å²) in [4.78, 5) is 9.71. The summed E-state index contributed by atoms with van der Waals surface area (Å²) in [5, 5.41) is 0. The molecule has 0 spiro atoms. The fraction of sp³-hybridized carbons (Fsp3) is 0.462. The molecule has 0 aliphatic carbocycles. The van der Waals surface area contributed by atoms with Crippen molar-refractivity contribution in [3.63, 3.8) is 0 Å². The summed E-state index contributed by atoms with van der Waals surface area (Å²) in [6.45, 7) is 3.16. The largest absolute Gasteiger partial charge is 0.457 e. The first-order valence-corrected chi connectivity index (χ1v) is 5.54. The predicted molar refractivity (Wildman–Crippen MR) is 61.8 cm³/mol. The molecule has 0 saturated heterocycles. The quantitative estimate of drug-likeness (QED) is 0.599. The molecule has 0 saturated carbocycles. The van der Waals surface area contributed by atoms with Gasteiger partial charge in [-0.15, -0.1) is 0 Å². The van der Waals surface area contributed by atoms with Crippen LogP contribution in [0.3, 0.4) is 0 Å². The monoisotopic (exact) mass is 221 g/mol. The van der Waals surface area contributed by atoms with Gasteiger partial charge in [-0.3, -0.25) is 0 Å². The molecule has 1 rings (SSSR count). The second kappa shape index (κ2) is 8.92. The number of benzene rings is 1. The molecule has 16 heavy (non-hydrogen) atoms. The van der Waals surface area contributed by atoms with Gasteiger partial charge in [-0.05, 0) is 18.4 Å². The molecular weight excluding hydrogens is 204 g/mol. The number of aryl methyl sites for hydroxylation is 1. The Balaban J connectivity index is 1.90. The van der Waals surface area contributed by atoms with Crippen molar-refractivity contribution in [2.24, 2.45) is 0 Å². The van der Waals surface area contributed by atoms with E-state index in [0.717, 1.165) is 25.9 Å². The molecule has 1 aromatic rings. The van der Waals surface area contributed by atoms with Gasteiger partial charge in [0.2, 0.25) is 0 Å². The Morgan fingerprint density at radius 2 is 1.75 bits per heavy atom. The highest BCUT2D eigenvalue weighted by molar-refractivity contribution is 5.37. The van der Waals surface area contributed by atoms with Crippen LogP contribution < -0.4 is 0 Å². The van der Waals surface area contributed by atoms with Crippen LogP contribution in [0.2, 0.25) is 0 Å². The fourth-order valence-electron chi connectivity index (χ4n) is 1.40. The normalized spacial score (nSPS) is 10.0. The Morgan fingerprint density at radius 1 is 1.00 bits per heavy atom. The first-order chi connectivity index (χ1) is 7.93. The third-order valence-corrected chi connectivity index (χ3v) is 2.19. The van der Waals surface area contributed by atoms with E-state index >= 15 is 0 Å². The van der Waals surface area contributed by atoms with E-state index in [4.69, 9.17) is 4.74 Å². The Kier molecular flexibility index (Phi) is 7.09. The Bertz CT molecular complexity index is 272. The molecule has 87 valence electrons. The van der Waals surface area contributed by atoms with Gasteiger partial charge in [-0.2, -0.15) is 0 Å². The van der Waals surface area contributed by atoms with Crippen molar-refractivity contribution in [1.82, 2.24) is 0 Å². The van der Waals surface area contributed by atoms with Crippen molar-refractivity contribution in [2.45, 2.75) is 19.3 Å². The van der Waals surface area contributed by atoms with Gasteiger partial charge in [-0.25, -0.2) is 4.79 Å². The van der Waals surface area contributed by atoms with E-state index in [9.17, 15) is 4.79 Å². The lowest BCUT2D eigenvalue weighted by atomic mass is 10.1. The van der Waals surface area contributed by atoms with Gasteiger partial charge in [0.25, 0.3) is 0 Å². The zero-order chi connectivity index (χ0) is 11.5. The Morgan fingerprint density at radius 3 is 2.50 bits per heavy atom. The zero-order valence-corrected chi connectivity index (χ0v) is 9.35. The smallest absolute Gasteiger partial charge is 0.417 e. The van der Waals surface area contributed by atoms with E-state index in [2.05, 4.69) is 16.9 Å². The van der Waals surface area contributed by atoms with Gasteiger partial charge in [0.05, 0.1) is 6.61 Å². The maximum atomic E-state index is 9.71. The van der Waals surface area contributed by atoms with Crippen molar-refractivity contribution in [2.75, 3.05) is 19.8 Å². The number of hydrogen-bond donors (Lipinski definition) is 0. The highest BCUT2D eigenvalue weighted by Crippen LogP contribution is 2.02. The van der Waals surface area contributed by atoms with Crippen LogP contribution in [0.5, 0.6) is 0 Å². The summed E-state index contributed by atoms with van der Waals surface area (Å²) < 4.78 is 9.82. The third-order valence-electron chi connectivity index (χ3n) is 2.19. The summed E-state index contributed by atoms with van der Waals surface area (Å²) >= 11 is 0. The topological polar surface area (TPSA) is 35.5 Å². The molecule has 0 amide bonds. The summed E-state index contributed by atoms with van der Waals surface area (Å²) in [6, 6.07) is 10.3. The zero-order valence-electron chi connectivity index (χ0n) is 9.35. The molecule has 0 aromatic heterocycles. The minimum Gasteiger partial charge on any atom is -0.457 e. The summed E-state index contributed by atoms with van der Waals surface area (Å²) in [7, 11) is 0. The molecule has 3 heteroatoms. The van der Waals surface area contributed by atoms with Gasteiger partial charge in [0.1, 0.15) is 0 Å². The van der Waals surface area contributed by atoms with Crippen molar-refractivity contribution >= 4 is 6.47 Å². The lowest BCUT2D eigenvalue weighted by molar-refractivity contribution is 0.115. The van der Waals surface area contributed by atoms with E-state index in [-0.39, 0.29) is 0 Å². The van der Waals surface area contributed by atoms with Crippen LogP contribution in [0.4, 0.5) is 0 Å². The molecule has 0 heterocycles. The van der Waals surface area contributed by atoms with Gasteiger partial charge in [0.15, 0.2) is 0 Å². The molecule has 0 fully saturated rings. The number of hydrogen-bond acceptors (Lipinski definition) is 3. The molecule has 0 aliphatic heterocycles. The van der Waals surface area contributed by atoms with Crippen LogP contribution in [0, 0.1) is 0 Å². The van der Waals surface area contributed by atoms with Crippen LogP contribution in [0.15, 0.2) is 30.3 Å². The summed E-state index contributed by atoms with van der Waals surface area (Å²) in [5.74, 6) is 0. The van der Waals surface area contributed by atoms with E-state index < -0.39 is 0 Å². The summed E-state index contributed by atoms with van der Waals surface area (Å²) in [5.41, 5.74) is 1.34. The molecule has 0 atom stereocenters. The van der Waals surface area contributed by atoms with Crippen molar-refractivity contribution in [3.05, 3.63) is 35.9 Å². The van der Waals surface area contributed by atoms with E-state index in [1.165, 1.54) is 12.0 Å². The Hall–Kier alpha value is -1.35. The van der Waals surface area contributed by atoms with Crippen LogP contribution in [0.25, 0.3) is 0 Å². The molecule has 1 radical (unpaired) electrons. The van der Waals surface area contributed by atoms with Crippen molar-refractivity contribution in [3.8, 4) is 0 Å². The molecule has 0 bridgehead atoms. The van der Waals surface area contributed by atoms with Crippen LogP contribution >= 0.6 is 0 Å². The number of rotatable bonds is 9. The van der Waals surface area contributed by atoms with Gasteiger partial charge >= 0.3 is 6.47 Å². The average Bonchev–Trinajstić information content (AvgIpc) is 2.34. The lowest BCUT2D eigenvalue weighted by Gasteiger charge is -2.03. The molecule has 3 nitrogen and oxygen atoms in total. The standard InChI is InChI=1S/C13H17O3/c14-12-16-11-5-10-15-9-4-8-13-6-2-1-3-7-13/h1-3,6-7H,4-5,8-11H2. The van der Waals surface area contributed by atoms with Gasteiger partial charge in [0, 0.05) is 19.6 Å². The number of ether oxygens (including phenoxy) is 2. The SMILES string of the molecule is O=[C]OCCCOCCCc1ccccc1. The van der Waals surface area contributed by atoms with Crippen LogP contribution in [-0.2, 0) is 20.7 Å². The van der Waals surface area contributed by atoms with E-state index in [0.29, 0.717) is 13.2 Å². The van der Waals surface area contributed by atoms with Crippen molar-refractivity contribution < 1.29 is 14.3 Å². The fourth-order valence-corrected chi connectivity index (χ4v) is 1.40. The molecular formula is C13H17O3. The second-order valence-electron chi connectivity index (χ2n) is 3.49. The predicted octanol–water partition coefficient (Wildman–Crippen LogP) is 2.11. The maximum absolute atomic E-state index is 9.71. The Labute approximate surface area is 96.4 Å². The summed E-state index contributed by atoms with van der Waals surface area (Å²) in [6.07, 6.45) is 2.80. The van der Waals surface area contributed by atoms with Gasteiger partial charge < -0.3 is 9.47 Å². The molecule has 0 unspecified atom stereocenters. The third kappa shape index (κ3) is 6.19. The second-order valence-corrected chi connectivity index (χ2v) is 3.49. The molecule has 0 N–H and O–H groups in total. The molecule has 1 aromatic carbocycles. The highest BCUT2D eigenvalue weighted by atomic mass is 16.5.